The number of methoxy groups -OCH3 is 1. The molecule has 0 bridgehead atoms. The number of aromatic amines is 1. The van der Waals surface area contributed by atoms with Gasteiger partial charge in [0.2, 0.25) is 0 Å². The first kappa shape index (κ1) is 12.6. The van der Waals surface area contributed by atoms with E-state index in [1.54, 1.807) is 13.3 Å². The molecular formula is C14H19N3O. The van der Waals surface area contributed by atoms with Gasteiger partial charge in [0, 0.05) is 24.9 Å². The summed E-state index contributed by atoms with van der Waals surface area (Å²) >= 11 is 0. The van der Waals surface area contributed by atoms with Crippen LogP contribution in [0.3, 0.4) is 0 Å². The highest BCUT2D eigenvalue weighted by Crippen LogP contribution is 2.21. The second kappa shape index (κ2) is 5.69. The van der Waals surface area contributed by atoms with E-state index in [1.165, 1.54) is 11.1 Å². The van der Waals surface area contributed by atoms with E-state index < -0.39 is 0 Å². The van der Waals surface area contributed by atoms with Crippen molar-refractivity contribution >= 4 is 0 Å². The molecule has 18 heavy (non-hydrogen) atoms. The SMILES string of the molecule is CCc1cc(Cc2ncc(CN)[nH]2)ccc1OC. The van der Waals surface area contributed by atoms with E-state index in [0.29, 0.717) is 6.54 Å². The van der Waals surface area contributed by atoms with E-state index in [9.17, 15) is 0 Å². The Labute approximate surface area is 107 Å². The zero-order chi connectivity index (χ0) is 13.0. The van der Waals surface area contributed by atoms with Gasteiger partial charge in [-0.15, -0.1) is 0 Å². The van der Waals surface area contributed by atoms with Crippen LogP contribution in [0.15, 0.2) is 24.4 Å². The van der Waals surface area contributed by atoms with Gasteiger partial charge in [0.05, 0.1) is 7.11 Å². The van der Waals surface area contributed by atoms with Gasteiger partial charge in [-0.3, -0.25) is 0 Å². The maximum atomic E-state index is 5.55. The Morgan fingerprint density at radius 3 is 2.83 bits per heavy atom. The third-order valence-corrected chi connectivity index (χ3v) is 3.00. The molecule has 0 saturated carbocycles. The summed E-state index contributed by atoms with van der Waals surface area (Å²) in [5.41, 5.74) is 8.97. The molecule has 0 saturated heterocycles. The number of aromatic nitrogens is 2. The molecule has 4 heteroatoms. The number of imidazole rings is 1. The average Bonchev–Trinajstić information content (AvgIpc) is 2.86. The molecule has 0 aliphatic rings. The molecule has 1 heterocycles. The Bertz CT molecular complexity index is 520. The van der Waals surface area contributed by atoms with Gasteiger partial charge in [-0.05, 0) is 23.6 Å². The van der Waals surface area contributed by atoms with Crippen LogP contribution in [0.5, 0.6) is 5.75 Å². The lowest BCUT2D eigenvalue weighted by Crippen LogP contribution is -1.98. The summed E-state index contributed by atoms with van der Waals surface area (Å²) in [6, 6.07) is 6.26. The fraction of sp³-hybridized carbons (Fsp3) is 0.357. The molecule has 4 nitrogen and oxygen atoms in total. The van der Waals surface area contributed by atoms with Crippen molar-refractivity contribution in [2.24, 2.45) is 5.73 Å². The van der Waals surface area contributed by atoms with Crippen LogP contribution < -0.4 is 10.5 Å². The highest BCUT2D eigenvalue weighted by Gasteiger charge is 2.05. The summed E-state index contributed by atoms with van der Waals surface area (Å²) in [6.07, 6.45) is 3.54. The first-order valence-corrected chi connectivity index (χ1v) is 6.15. The quantitative estimate of drug-likeness (QED) is 0.847. The zero-order valence-corrected chi connectivity index (χ0v) is 10.9. The minimum absolute atomic E-state index is 0.496. The molecule has 2 rings (SSSR count). The molecule has 0 aliphatic heterocycles. The van der Waals surface area contributed by atoms with E-state index in [2.05, 4.69) is 29.0 Å². The number of hydrogen-bond donors (Lipinski definition) is 2. The fourth-order valence-corrected chi connectivity index (χ4v) is 2.01. The van der Waals surface area contributed by atoms with Crippen LogP contribution >= 0.6 is 0 Å². The van der Waals surface area contributed by atoms with Gasteiger partial charge in [0.15, 0.2) is 0 Å². The molecule has 3 N–H and O–H groups in total. The molecule has 0 unspecified atom stereocenters. The van der Waals surface area contributed by atoms with Crippen LogP contribution in [0.4, 0.5) is 0 Å². The van der Waals surface area contributed by atoms with E-state index in [-0.39, 0.29) is 0 Å². The van der Waals surface area contributed by atoms with E-state index in [0.717, 1.165) is 30.1 Å². The molecule has 0 radical (unpaired) electrons. The van der Waals surface area contributed by atoms with E-state index >= 15 is 0 Å². The molecular weight excluding hydrogens is 226 g/mol. The van der Waals surface area contributed by atoms with Crippen molar-refractivity contribution in [2.45, 2.75) is 26.3 Å². The molecule has 0 atom stereocenters. The lowest BCUT2D eigenvalue weighted by Gasteiger charge is -2.08. The van der Waals surface area contributed by atoms with Gasteiger partial charge in [-0.2, -0.15) is 0 Å². The summed E-state index contributed by atoms with van der Waals surface area (Å²) in [5, 5.41) is 0. The monoisotopic (exact) mass is 245 g/mol. The Morgan fingerprint density at radius 1 is 1.39 bits per heavy atom. The highest BCUT2D eigenvalue weighted by molar-refractivity contribution is 5.38. The van der Waals surface area contributed by atoms with Crippen LogP contribution in [0.1, 0.15) is 29.6 Å². The van der Waals surface area contributed by atoms with Crippen LogP contribution in [0.25, 0.3) is 0 Å². The number of nitrogens with one attached hydrogen (secondary N) is 1. The van der Waals surface area contributed by atoms with Gasteiger partial charge < -0.3 is 15.5 Å². The van der Waals surface area contributed by atoms with E-state index in [1.807, 2.05) is 6.07 Å². The molecule has 2 aromatic rings. The molecule has 1 aromatic heterocycles. The molecule has 0 spiro atoms. The Kier molecular flexibility index (Phi) is 3.99. The number of aryl methyl sites for hydroxylation is 1. The van der Waals surface area contributed by atoms with Gasteiger partial charge in [0.25, 0.3) is 0 Å². The second-order valence-corrected chi connectivity index (χ2v) is 4.24. The topological polar surface area (TPSA) is 63.9 Å². The third-order valence-electron chi connectivity index (χ3n) is 3.00. The van der Waals surface area contributed by atoms with Crippen LogP contribution in [0.2, 0.25) is 0 Å². The Hall–Kier alpha value is -1.81. The van der Waals surface area contributed by atoms with Gasteiger partial charge >= 0.3 is 0 Å². The minimum Gasteiger partial charge on any atom is -0.496 e. The summed E-state index contributed by atoms with van der Waals surface area (Å²) < 4.78 is 5.32. The van der Waals surface area contributed by atoms with Crippen molar-refractivity contribution in [1.82, 2.24) is 9.97 Å². The van der Waals surface area contributed by atoms with Crippen LogP contribution in [-0.4, -0.2) is 17.1 Å². The van der Waals surface area contributed by atoms with Crippen LogP contribution in [-0.2, 0) is 19.4 Å². The fourth-order valence-electron chi connectivity index (χ4n) is 2.01. The number of H-pyrrole nitrogens is 1. The van der Waals surface area contributed by atoms with Crippen molar-refractivity contribution < 1.29 is 4.74 Å². The lowest BCUT2D eigenvalue weighted by atomic mass is 10.1. The van der Waals surface area contributed by atoms with Crippen molar-refractivity contribution in [3.05, 3.63) is 47.0 Å². The second-order valence-electron chi connectivity index (χ2n) is 4.24. The number of nitrogens with zero attached hydrogens (tertiary/aromatic N) is 1. The molecule has 0 aliphatic carbocycles. The minimum atomic E-state index is 0.496. The number of nitrogens with two attached hydrogens (primary N) is 1. The standard InChI is InChI=1S/C14H19N3O/c1-3-11-6-10(4-5-13(11)18-2)7-14-16-9-12(8-15)17-14/h4-6,9H,3,7-8,15H2,1-2H3,(H,16,17). The lowest BCUT2D eigenvalue weighted by molar-refractivity contribution is 0.410. The average molecular weight is 245 g/mol. The Balaban J connectivity index is 2.18. The summed E-state index contributed by atoms with van der Waals surface area (Å²) in [7, 11) is 1.70. The smallest absolute Gasteiger partial charge is 0.122 e. The van der Waals surface area contributed by atoms with E-state index in [4.69, 9.17) is 10.5 Å². The molecule has 0 amide bonds. The van der Waals surface area contributed by atoms with Crippen molar-refractivity contribution in [1.29, 1.82) is 0 Å². The normalized spacial score (nSPS) is 10.6. The molecule has 96 valence electrons. The predicted octanol–water partition coefficient (Wildman–Crippen LogP) is 2.03. The maximum Gasteiger partial charge on any atom is 0.122 e. The molecule has 0 fully saturated rings. The Morgan fingerprint density at radius 2 is 2.22 bits per heavy atom. The van der Waals surface area contributed by atoms with Crippen molar-refractivity contribution in [3.8, 4) is 5.75 Å². The van der Waals surface area contributed by atoms with Gasteiger partial charge in [-0.1, -0.05) is 19.1 Å². The highest BCUT2D eigenvalue weighted by atomic mass is 16.5. The first-order valence-electron chi connectivity index (χ1n) is 6.15. The van der Waals surface area contributed by atoms with Gasteiger partial charge in [0.1, 0.15) is 11.6 Å². The predicted molar refractivity (Wildman–Crippen MR) is 71.7 cm³/mol. The largest absolute Gasteiger partial charge is 0.496 e. The van der Waals surface area contributed by atoms with Crippen LogP contribution in [0, 0.1) is 0 Å². The maximum absolute atomic E-state index is 5.55. The first-order chi connectivity index (χ1) is 8.76. The number of ether oxygens (including phenoxy) is 1. The zero-order valence-electron chi connectivity index (χ0n) is 10.9. The number of rotatable bonds is 5. The number of benzene rings is 1. The third kappa shape index (κ3) is 2.71. The number of hydrogen-bond acceptors (Lipinski definition) is 3. The van der Waals surface area contributed by atoms with Gasteiger partial charge in [-0.25, -0.2) is 4.98 Å². The van der Waals surface area contributed by atoms with Crippen molar-refractivity contribution in [2.75, 3.05) is 7.11 Å². The summed E-state index contributed by atoms with van der Waals surface area (Å²) in [4.78, 5) is 7.52. The summed E-state index contributed by atoms with van der Waals surface area (Å²) in [5.74, 6) is 1.89. The molecule has 1 aromatic carbocycles. The summed E-state index contributed by atoms with van der Waals surface area (Å²) in [6.45, 7) is 2.62. The van der Waals surface area contributed by atoms with Crippen molar-refractivity contribution in [3.63, 3.8) is 0 Å².